The van der Waals surface area contributed by atoms with Crippen LogP contribution in [-0.2, 0) is 17.5 Å². The number of nitrogens with zero attached hydrogens (tertiary/aromatic N) is 2. The van der Waals surface area contributed by atoms with Crippen molar-refractivity contribution in [2.24, 2.45) is 0 Å². The number of benzene rings is 1. The Morgan fingerprint density at radius 2 is 1.96 bits per heavy atom. The number of imidazole rings is 1. The zero-order chi connectivity index (χ0) is 16.6. The smallest absolute Gasteiger partial charge is 0.408 e. The molecule has 1 aliphatic rings. The minimum atomic E-state index is -4.35. The highest BCUT2D eigenvalue weighted by Crippen LogP contribution is 2.41. The summed E-state index contributed by atoms with van der Waals surface area (Å²) in [6, 6.07) is 4.96. The first kappa shape index (κ1) is 15.6. The number of rotatable bonds is 4. The Labute approximate surface area is 130 Å². The number of esters is 1. The van der Waals surface area contributed by atoms with Crippen molar-refractivity contribution in [2.45, 2.75) is 38.4 Å². The maximum atomic E-state index is 12.6. The third-order valence-corrected chi connectivity index (χ3v) is 3.66. The van der Waals surface area contributed by atoms with Crippen LogP contribution in [0.25, 0.3) is 0 Å². The van der Waals surface area contributed by atoms with Gasteiger partial charge in [-0.1, -0.05) is 12.1 Å². The molecule has 7 heteroatoms. The summed E-state index contributed by atoms with van der Waals surface area (Å²) < 4.78 is 44.7. The highest BCUT2D eigenvalue weighted by molar-refractivity contribution is 5.68. The van der Waals surface area contributed by atoms with Crippen molar-refractivity contribution in [1.29, 1.82) is 0 Å². The predicted molar refractivity (Wildman–Crippen MR) is 76.1 cm³/mol. The van der Waals surface area contributed by atoms with Crippen LogP contribution in [0.3, 0.4) is 0 Å². The molecule has 1 saturated carbocycles. The first-order chi connectivity index (χ1) is 10.8. The van der Waals surface area contributed by atoms with Crippen molar-refractivity contribution >= 4 is 5.97 Å². The van der Waals surface area contributed by atoms with Gasteiger partial charge in [0.25, 0.3) is 0 Å². The molecule has 0 saturated heterocycles. The van der Waals surface area contributed by atoms with Gasteiger partial charge in [-0.05, 0) is 30.5 Å². The van der Waals surface area contributed by atoms with Crippen LogP contribution in [-0.4, -0.2) is 15.5 Å². The fourth-order valence-electron chi connectivity index (χ4n) is 2.41. The lowest BCUT2D eigenvalue weighted by Gasteiger charge is -2.12. The van der Waals surface area contributed by atoms with E-state index in [0.717, 1.165) is 30.8 Å². The van der Waals surface area contributed by atoms with Crippen LogP contribution >= 0.6 is 0 Å². The van der Waals surface area contributed by atoms with Crippen molar-refractivity contribution in [1.82, 2.24) is 9.55 Å². The van der Waals surface area contributed by atoms with E-state index in [0.29, 0.717) is 23.9 Å². The van der Waals surface area contributed by atoms with Crippen LogP contribution in [0.1, 0.15) is 42.6 Å². The number of hydrogen-bond donors (Lipinski definition) is 0. The van der Waals surface area contributed by atoms with Gasteiger partial charge in [0.05, 0.1) is 18.3 Å². The molecule has 0 unspecified atom stereocenters. The Bertz CT molecular complexity index is 716. The maximum Gasteiger partial charge on any atom is 0.416 e. The normalized spacial score (nSPS) is 14.8. The van der Waals surface area contributed by atoms with Gasteiger partial charge in [-0.15, -0.1) is 0 Å². The van der Waals surface area contributed by atoms with Crippen molar-refractivity contribution in [3.8, 4) is 5.88 Å². The van der Waals surface area contributed by atoms with Crippen LogP contribution in [0.2, 0.25) is 0 Å². The topological polar surface area (TPSA) is 44.1 Å². The molecule has 1 heterocycles. The van der Waals surface area contributed by atoms with Gasteiger partial charge in [0, 0.05) is 12.8 Å². The summed E-state index contributed by atoms with van der Waals surface area (Å²) >= 11 is 0. The molecule has 1 fully saturated rings. The summed E-state index contributed by atoms with van der Waals surface area (Å²) in [7, 11) is 0. The second-order valence-electron chi connectivity index (χ2n) is 5.60. The van der Waals surface area contributed by atoms with Crippen molar-refractivity contribution in [3.63, 3.8) is 0 Å². The van der Waals surface area contributed by atoms with E-state index in [1.165, 1.54) is 25.3 Å². The summed E-state index contributed by atoms with van der Waals surface area (Å²) in [6.07, 6.45) is -0.832. The van der Waals surface area contributed by atoms with Crippen LogP contribution in [0.4, 0.5) is 13.2 Å². The van der Waals surface area contributed by atoms with E-state index in [2.05, 4.69) is 4.98 Å². The van der Waals surface area contributed by atoms with E-state index in [1.54, 1.807) is 4.57 Å². The summed E-state index contributed by atoms with van der Waals surface area (Å²) in [5.41, 5.74) is 0.000749. The zero-order valence-corrected chi connectivity index (χ0v) is 12.4. The number of halogens is 3. The molecule has 2 aromatic rings. The SMILES string of the molecule is CC(=O)Oc1cnc(C2CC2)n1Cc1ccc(C(F)(F)F)cc1. The van der Waals surface area contributed by atoms with E-state index < -0.39 is 17.7 Å². The van der Waals surface area contributed by atoms with Crippen molar-refractivity contribution < 1.29 is 22.7 Å². The predicted octanol–water partition coefficient (Wildman–Crippen LogP) is 3.75. The Balaban J connectivity index is 1.86. The molecule has 1 aliphatic carbocycles. The molecule has 1 aromatic carbocycles. The second-order valence-corrected chi connectivity index (χ2v) is 5.60. The fraction of sp³-hybridized carbons (Fsp3) is 0.375. The number of aromatic nitrogens is 2. The van der Waals surface area contributed by atoms with Gasteiger partial charge in [0.2, 0.25) is 5.88 Å². The maximum absolute atomic E-state index is 12.6. The monoisotopic (exact) mass is 324 g/mol. The quantitative estimate of drug-likeness (QED) is 0.805. The Morgan fingerprint density at radius 3 is 2.48 bits per heavy atom. The molecule has 3 rings (SSSR count). The van der Waals surface area contributed by atoms with E-state index in [9.17, 15) is 18.0 Å². The average molecular weight is 324 g/mol. The summed E-state index contributed by atoms with van der Waals surface area (Å²) in [6.45, 7) is 1.61. The minimum absolute atomic E-state index is 0.312. The van der Waals surface area contributed by atoms with E-state index in [4.69, 9.17) is 4.74 Å². The molecule has 0 atom stereocenters. The summed E-state index contributed by atoms with van der Waals surface area (Å²) in [5.74, 6) is 0.995. The summed E-state index contributed by atoms with van der Waals surface area (Å²) in [5, 5.41) is 0. The number of alkyl halides is 3. The minimum Gasteiger partial charge on any atom is -0.408 e. The number of carbonyl (C=O) groups excluding carboxylic acids is 1. The number of ether oxygens (including phenoxy) is 1. The van der Waals surface area contributed by atoms with E-state index in [1.807, 2.05) is 0 Å². The standard InChI is InChI=1S/C16H15F3N2O2/c1-10(22)23-14-8-20-15(12-4-5-12)21(14)9-11-2-6-13(7-3-11)16(17,18)19/h2-3,6-8,12H,4-5,9H2,1H3. The lowest BCUT2D eigenvalue weighted by atomic mass is 10.1. The number of hydrogen-bond acceptors (Lipinski definition) is 3. The van der Waals surface area contributed by atoms with E-state index >= 15 is 0 Å². The molecule has 0 aliphatic heterocycles. The third kappa shape index (κ3) is 3.55. The molecular formula is C16H15F3N2O2. The molecule has 0 spiro atoms. The molecule has 0 bridgehead atoms. The molecule has 4 nitrogen and oxygen atoms in total. The Kier molecular flexibility index (Phi) is 3.87. The van der Waals surface area contributed by atoms with Crippen LogP contribution in [0.15, 0.2) is 30.5 Å². The average Bonchev–Trinajstić information content (AvgIpc) is 3.23. The van der Waals surface area contributed by atoms with Gasteiger partial charge in [-0.25, -0.2) is 4.98 Å². The molecule has 23 heavy (non-hydrogen) atoms. The second kappa shape index (κ2) is 5.72. The van der Waals surface area contributed by atoms with Gasteiger partial charge < -0.3 is 4.74 Å². The fourth-order valence-corrected chi connectivity index (χ4v) is 2.41. The highest BCUT2D eigenvalue weighted by Gasteiger charge is 2.31. The van der Waals surface area contributed by atoms with Gasteiger partial charge in [-0.3, -0.25) is 9.36 Å². The molecule has 0 N–H and O–H groups in total. The zero-order valence-electron chi connectivity index (χ0n) is 12.4. The third-order valence-electron chi connectivity index (χ3n) is 3.66. The first-order valence-electron chi connectivity index (χ1n) is 7.24. The van der Waals surface area contributed by atoms with Crippen molar-refractivity contribution in [2.75, 3.05) is 0 Å². The van der Waals surface area contributed by atoms with Gasteiger partial charge in [0.15, 0.2) is 0 Å². The molecular weight excluding hydrogens is 309 g/mol. The van der Waals surface area contributed by atoms with Gasteiger partial charge in [0.1, 0.15) is 5.82 Å². The molecule has 0 amide bonds. The van der Waals surface area contributed by atoms with Crippen LogP contribution < -0.4 is 4.74 Å². The van der Waals surface area contributed by atoms with E-state index in [-0.39, 0.29) is 0 Å². The molecule has 1 aromatic heterocycles. The largest absolute Gasteiger partial charge is 0.416 e. The Hall–Kier alpha value is -2.31. The van der Waals surface area contributed by atoms with Gasteiger partial charge in [-0.2, -0.15) is 13.2 Å². The lowest BCUT2D eigenvalue weighted by molar-refractivity contribution is -0.137. The summed E-state index contributed by atoms with van der Waals surface area (Å²) in [4.78, 5) is 15.5. The van der Waals surface area contributed by atoms with Crippen LogP contribution in [0, 0.1) is 0 Å². The first-order valence-corrected chi connectivity index (χ1v) is 7.24. The van der Waals surface area contributed by atoms with Crippen molar-refractivity contribution in [3.05, 3.63) is 47.4 Å². The van der Waals surface area contributed by atoms with Gasteiger partial charge >= 0.3 is 12.1 Å². The molecule has 0 radical (unpaired) electrons. The molecule has 122 valence electrons. The lowest BCUT2D eigenvalue weighted by Crippen LogP contribution is -2.11. The number of carbonyl (C=O) groups is 1. The van der Waals surface area contributed by atoms with Crippen LogP contribution in [0.5, 0.6) is 5.88 Å². The Morgan fingerprint density at radius 1 is 1.30 bits per heavy atom. The highest BCUT2D eigenvalue weighted by atomic mass is 19.4.